The predicted molar refractivity (Wildman–Crippen MR) is 33.6 cm³/mol. The van der Waals surface area contributed by atoms with Crippen LogP contribution in [0.4, 0.5) is 0 Å². The van der Waals surface area contributed by atoms with E-state index in [0.717, 1.165) is 6.26 Å². The van der Waals surface area contributed by atoms with Gasteiger partial charge in [-0.15, -0.1) is 0 Å². The van der Waals surface area contributed by atoms with Gasteiger partial charge >= 0.3 is 0 Å². The molecule has 0 aliphatic rings. The maximum Gasteiger partial charge on any atom is 0.212 e. The van der Waals surface area contributed by atoms with E-state index in [1.54, 1.807) is 0 Å². The fourth-order valence-electron chi connectivity index (χ4n) is 0.206. The number of rotatable bonds is 2. The first kappa shape index (κ1) is 8.10. The second-order valence-corrected chi connectivity index (χ2v) is 4.45. The minimum atomic E-state index is -3.12. The fraction of sp³-hybridized carbons (Fsp3) is 0.667. The van der Waals surface area contributed by atoms with Crippen LogP contribution in [0.5, 0.6) is 0 Å². The van der Waals surface area contributed by atoms with Crippen LogP contribution in [0.1, 0.15) is 0 Å². The minimum absolute atomic E-state index is 0.424. The maximum atomic E-state index is 10.2. The van der Waals surface area contributed by atoms with Gasteiger partial charge in [0.2, 0.25) is 4.69 Å². The van der Waals surface area contributed by atoms with Crippen LogP contribution < -0.4 is 0 Å². The zero-order chi connectivity index (χ0) is 6.78. The molecular formula is C3H5BrO3S. The lowest BCUT2D eigenvalue weighted by molar-refractivity contribution is -0.108. The Hall–Kier alpha value is 0.1000. The lowest BCUT2D eigenvalue weighted by atomic mass is 10.9. The summed E-state index contributed by atoms with van der Waals surface area (Å²) in [5.74, 6) is -0.424. The zero-order valence-electron chi connectivity index (χ0n) is 4.22. The second kappa shape index (κ2) is 2.59. The Balaban J connectivity index is 3.95. The summed E-state index contributed by atoms with van der Waals surface area (Å²) < 4.78 is 19.9. The summed E-state index contributed by atoms with van der Waals surface area (Å²) in [6.45, 7) is 0. The van der Waals surface area contributed by atoms with E-state index in [9.17, 15) is 13.2 Å². The van der Waals surface area contributed by atoms with Crippen molar-refractivity contribution >= 4 is 30.5 Å². The van der Waals surface area contributed by atoms with Gasteiger partial charge in [-0.1, -0.05) is 0 Å². The molecule has 0 fully saturated rings. The number of carbonyl (C=O) groups excluding carboxylic acids is 1. The van der Waals surface area contributed by atoms with Crippen molar-refractivity contribution in [1.29, 1.82) is 0 Å². The Labute approximate surface area is 56.1 Å². The van der Waals surface area contributed by atoms with Crippen LogP contribution in [0, 0.1) is 0 Å². The van der Waals surface area contributed by atoms with Gasteiger partial charge in [0.15, 0.2) is 9.84 Å². The topological polar surface area (TPSA) is 51.2 Å². The largest absolute Gasteiger partial charge is 0.286 e. The SMILES string of the molecule is CS(=O)(=O)CC(=O)Br. The molecule has 0 spiro atoms. The summed E-state index contributed by atoms with van der Waals surface area (Å²) in [6.07, 6.45) is 1.01. The molecule has 0 rings (SSSR count). The number of carbonyl (C=O) groups is 1. The molecular weight excluding hydrogens is 196 g/mol. The van der Waals surface area contributed by atoms with Crippen LogP contribution in [0.3, 0.4) is 0 Å². The van der Waals surface area contributed by atoms with Crippen molar-refractivity contribution in [2.75, 3.05) is 12.0 Å². The fourth-order valence-corrected chi connectivity index (χ4v) is 1.87. The molecule has 0 aromatic rings. The van der Waals surface area contributed by atoms with Crippen LogP contribution in [-0.2, 0) is 14.6 Å². The average molecular weight is 201 g/mol. The zero-order valence-corrected chi connectivity index (χ0v) is 6.62. The van der Waals surface area contributed by atoms with E-state index in [-0.39, 0.29) is 0 Å². The summed E-state index contributed by atoms with van der Waals surface area (Å²) >= 11 is 2.49. The Morgan fingerprint density at radius 2 is 2.00 bits per heavy atom. The summed E-state index contributed by atoms with van der Waals surface area (Å²) in [7, 11) is -3.12. The molecule has 48 valence electrons. The molecule has 0 radical (unpaired) electrons. The highest BCUT2D eigenvalue weighted by Crippen LogP contribution is 1.89. The van der Waals surface area contributed by atoms with E-state index < -0.39 is 20.3 Å². The number of halogens is 1. The molecule has 0 aromatic carbocycles. The summed E-state index contributed by atoms with van der Waals surface area (Å²) in [4.78, 5) is 10.00. The summed E-state index contributed by atoms with van der Waals surface area (Å²) in [5.41, 5.74) is 0. The Morgan fingerprint density at radius 3 is 2.00 bits per heavy atom. The van der Waals surface area contributed by atoms with Crippen LogP contribution >= 0.6 is 15.9 Å². The van der Waals surface area contributed by atoms with Crippen molar-refractivity contribution in [2.45, 2.75) is 0 Å². The molecule has 0 aromatic heterocycles. The standard InChI is InChI=1S/C3H5BrO3S/c1-8(6,7)2-3(4)5/h2H2,1H3. The quantitative estimate of drug-likeness (QED) is 0.588. The monoisotopic (exact) mass is 200 g/mol. The Morgan fingerprint density at radius 1 is 1.62 bits per heavy atom. The van der Waals surface area contributed by atoms with E-state index in [4.69, 9.17) is 0 Å². The van der Waals surface area contributed by atoms with Crippen molar-refractivity contribution in [1.82, 2.24) is 0 Å². The second-order valence-electron chi connectivity index (χ2n) is 1.43. The van der Waals surface area contributed by atoms with Gasteiger partial charge in [-0.2, -0.15) is 0 Å². The molecule has 0 saturated carbocycles. The molecule has 0 saturated heterocycles. The minimum Gasteiger partial charge on any atom is -0.286 e. The third-order valence-corrected chi connectivity index (χ3v) is 1.81. The molecule has 0 bridgehead atoms. The lowest BCUT2D eigenvalue weighted by Gasteiger charge is -1.85. The number of sulfone groups is 1. The molecule has 0 aliphatic carbocycles. The van der Waals surface area contributed by atoms with E-state index in [2.05, 4.69) is 15.9 Å². The first-order chi connectivity index (χ1) is 3.42. The van der Waals surface area contributed by atoms with Crippen molar-refractivity contribution in [3.63, 3.8) is 0 Å². The molecule has 0 atom stereocenters. The van der Waals surface area contributed by atoms with Crippen LogP contribution in [0.25, 0.3) is 0 Å². The smallest absolute Gasteiger partial charge is 0.212 e. The lowest BCUT2D eigenvalue weighted by Crippen LogP contribution is -2.07. The van der Waals surface area contributed by atoms with Crippen molar-refractivity contribution < 1.29 is 13.2 Å². The highest BCUT2D eigenvalue weighted by Gasteiger charge is 2.05. The summed E-state index contributed by atoms with van der Waals surface area (Å²) in [6, 6.07) is 0. The van der Waals surface area contributed by atoms with Gasteiger partial charge in [-0.05, 0) is 15.9 Å². The average Bonchev–Trinajstić information content (AvgIpc) is 1.21. The number of hydrogen-bond donors (Lipinski definition) is 0. The van der Waals surface area contributed by atoms with Gasteiger partial charge in [0.05, 0.1) is 0 Å². The van der Waals surface area contributed by atoms with Crippen LogP contribution in [0.15, 0.2) is 0 Å². The predicted octanol–water partition coefficient (Wildman–Crippen LogP) is -0.0475. The third-order valence-electron chi connectivity index (χ3n) is 0.376. The highest BCUT2D eigenvalue weighted by atomic mass is 79.9. The van der Waals surface area contributed by atoms with Gasteiger partial charge in [-0.25, -0.2) is 8.42 Å². The van der Waals surface area contributed by atoms with E-state index in [1.165, 1.54) is 0 Å². The molecule has 5 heteroatoms. The van der Waals surface area contributed by atoms with E-state index in [0.29, 0.717) is 0 Å². The van der Waals surface area contributed by atoms with Gasteiger partial charge in [0.25, 0.3) is 0 Å². The molecule has 0 heterocycles. The molecule has 0 N–H and O–H groups in total. The van der Waals surface area contributed by atoms with E-state index >= 15 is 0 Å². The Bertz CT molecular complexity index is 181. The molecule has 0 aliphatic heterocycles. The molecule has 0 unspecified atom stereocenters. The summed E-state index contributed by atoms with van der Waals surface area (Å²) in [5, 5.41) is 0. The van der Waals surface area contributed by atoms with Crippen LogP contribution in [0.2, 0.25) is 0 Å². The highest BCUT2D eigenvalue weighted by molar-refractivity contribution is 9.18. The van der Waals surface area contributed by atoms with Crippen molar-refractivity contribution in [2.24, 2.45) is 0 Å². The first-order valence-corrected chi connectivity index (χ1v) is 4.63. The first-order valence-electron chi connectivity index (χ1n) is 1.78. The van der Waals surface area contributed by atoms with Gasteiger partial charge < -0.3 is 0 Å². The molecule has 3 nitrogen and oxygen atoms in total. The number of hydrogen-bond acceptors (Lipinski definition) is 3. The normalized spacial score (nSPS) is 11.2. The van der Waals surface area contributed by atoms with Crippen molar-refractivity contribution in [3.8, 4) is 0 Å². The van der Waals surface area contributed by atoms with Crippen molar-refractivity contribution in [3.05, 3.63) is 0 Å². The maximum absolute atomic E-state index is 10.2. The molecule has 0 amide bonds. The Kier molecular flexibility index (Phi) is 2.62. The van der Waals surface area contributed by atoms with Crippen LogP contribution in [-0.4, -0.2) is 25.1 Å². The van der Waals surface area contributed by atoms with E-state index in [1.807, 2.05) is 0 Å². The van der Waals surface area contributed by atoms with Gasteiger partial charge in [0, 0.05) is 6.26 Å². The molecule has 8 heavy (non-hydrogen) atoms. The van der Waals surface area contributed by atoms with Gasteiger partial charge in [0.1, 0.15) is 5.75 Å². The van der Waals surface area contributed by atoms with Gasteiger partial charge in [-0.3, -0.25) is 4.79 Å². The third kappa shape index (κ3) is 6.10.